The van der Waals surface area contributed by atoms with Gasteiger partial charge >= 0.3 is 5.97 Å². The molecule has 1 atom stereocenters. The van der Waals surface area contributed by atoms with Crippen molar-refractivity contribution in [3.05, 3.63) is 42.0 Å². The summed E-state index contributed by atoms with van der Waals surface area (Å²) in [4.78, 5) is 10.9. The molecule has 94 valence electrons. The van der Waals surface area contributed by atoms with Gasteiger partial charge in [-0.05, 0) is 48.4 Å². The smallest absolute Gasteiger partial charge is 0.335 e. The highest BCUT2D eigenvalue weighted by atomic mass is 16.5. The van der Waals surface area contributed by atoms with E-state index in [0.717, 1.165) is 22.9 Å². The molecule has 0 bridgehead atoms. The van der Waals surface area contributed by atoms with E-state index < -0.39 is 5.97 Å². The summed E-state index contributed by atoms with van der Waals surface area (Å²) in [7, 11) is 0. The van der Waals surface area contributed by atoms with E-state index in [9.17, 15) is 4.79 Å². The Morgan fingerprint density at radius 3 is 2.56 bits per heavy atom. The number of hydrogen-bond donors (Lipinski definition) is 1. The number of aromatic carboxylic acids is 1. The first kappa shape index (κ1) is 12.4. The molecule has 0 heterocycles. The second-order valence-corrected chi connectivity index (χ2v) is 4.37. The van der Waals surface area contributed by atoms with Gasteiger partial charge in [0.25, 0.3) is 0 Å². The molecule has 0 fully saturated rings. The molecule has 3 nitrogen and oxygen atoms in total. The summed E-state index contributed by atoms with van der Waals surface area (Å²) < 4.78 is 5.73. The fourth-order valence-electron chi connectivity index (χ4n) is 1.75. The first-order valence-corrected chi connectivity index (χ1v) is 6.04. The molecule has 0 spiro atoms. The quantitative estimate of drug-likeness (QED) is 0.891. The van der Waals surface area contributed by atoms with Gasteiger partial charge in [-0.3, -0.25) is 0 Å². The van der Waals surface area contributed by atoms with Gasteiger partial charge in [0.1, 0.15) is 5.75 Å². The lowest BCUT2D eigenvalue weighted by Gasteiger charge is -2.13. The van der Waals surface area contributed by atoms with Crippen LogP contribution in [0.1, 0.15) is 30.6 Å². The van der Waals surface area contributed by atoms with Crippen LogP contribution in [0.4, 0.5) is 0 Å². The molecular weight excluding hydrogens is 228 g/mol. The van der Waals surface area contributed by atoms with Gasteiger partial charge in [0, 0.05) is 0 Å². The maximum Gasteiger partial charge on any atom is 0.335 e. The lowest BCUT2D eigenvalue weighted by atomic mass is 10.1. The van der Waals surface area contributed by atoms with Crippen LogP contribution < -0.4 is 4.74 Å². The highest BCUT2D eigenvalue weighted by Gasteiger charge is 2.05. The number of carboxylic acids is 1. The fourth-order valence-corrected chi connectivity index (χ4v) is 1.75. The van der Waals surface area contributed by atoms with E-state index in [1.165, 1.54) is 0 Å². The predicted molar refractivity (Wildman–Crippen MR) is 71.3 cm³/mol. The summed E-state index contributed by atoms with van der Waals surface area (Å²) in [6.45, 7) is 4.10. The minimum atomic E-state index is -0.906. The van der Waals surface area contributed by atoms with E-state index in [0.29, 0.717) is 5.56 Å². The first-order chi connectivity index (χ1) is 8.60. The van der Waals surface area contributed by atoms with Crippen LogP contribution in [0.25, 0.3) is 10.8 Å². The van der Waals surface area contributed by atoms with Crippen molar-refractivity contribution in [2.24, 2.45) is 0 Å². The van der Waals surface area contributed by atoms with Crippen LogP contribution in [-0.2, 0) is 0 Å². The minimum absolute atomic E-state index is 0.181. The number of carboxylic acid groups (broad SMARTS) is 1. The number of fused-ring (bicyclic) bond motifs is 1. The monoisotopic (exact) mass is 244 g/mol. The molecule has 0 radical (unpaired) electrons. The number of carbonyl (C=O) groups is 1. The molecule has 0 aliphatic rings. The highest BCUT2D eigenvalue weighted by Crippen LogP contribution is 2.23. The van der Waals surface area contributed by atoms with Gasteiger partial charge in [0.05, 0.1) is 11.7 Å². The van der Waals surface area contributed by atoms with Gasteiger partial charge in [-0.15, -0.1) is 0 Å². The van der Waals surface area contributed by atoms with Crippen LogP contribution in [-0.4, -0.2) is 17.2 Å². The number of hydrogen-bond acceptors (Lipinski definition) is 2. The van der Waals surface area contributed by atoms with Crippen LogP contribution in [0.15, 0.2) is 36.4 Å². The minimum Gasteiger partial charge on any atom is -0.491 e. The van der Waals surface area contributed by atoms with Gasteiger partial charge in [0.15, 0.2) is 0 Å². The zero-order valence-electron chi connectivity index (χ0n) is 10.5. The Morgan fingerprint density at radius 2 is 1.89 bits per heavy atom. The Morgan fingerprint density at radius 1 is 1.22 bits per heavy atom. The summed E-state index contributed by atoms with van der Waals surface area (Å²) >= 11 is 0. The highest BCUT2D eigenvalue weighted by molar-refractivity contribution is 5.94. The van der Waals surface area contributed by atoms with Crippen LogP contribution in [0.5, 0.6) is 5.75 Å². The van der Waals surface area contributed by atoms with Crippen molar-refractivity contribution >= 4 is 16.7 Å². The Kier molecular flexibility index (Phi) is 3.51. The Labute approximate surface area is 106 Å². The molecule has 2 rings (SSSR count). The largest absolute Gasteiger partial charge is 0.491 e. The lowest BCUT2D eigenvalue weighted by molar-refractivity contribution is 0.0697. The van der Waals surface area contributed by atoms with Crippen LogP contribution in [0.2, 0.25) is 0 Å². The van der Waals surface area contributed by atoms with Crippen molar-refractivity contribution in [1.82, 2.24) is 0 Å². The van der Waals surface area contributed by atoms with E-state index in [1.807, 2.05) is 31.2 Å². The number of ether oxygens (including phenoxy) is 1. The molecule has 0 aliphatic carbocycles. The van der Waals surface area contributed by atoms with Crippen molar-refractivity contribution in [2.45, 2.75) is 26.4 Å². The average molecular weight is 244 g/mol. The molecule has 0 saturated carbocycles. The third kappa shape index (κ3) is 2.62. The molecule has 0 aromatic heterocycles. The molecule has 0 aliphatic heterocycles. The third-order valence-electron chi connectivity index (χ3n) is 2.97. The summed E-state index contributed by atoms with van der Waals surface area (Å²) in [6, 6.07) is 10.8. The lowest BCUT2D eigenvalue weighted by Crippen LogP contribution is -2.09. The van der Waals surface area contributed by atoms with Gasteiger partial charge in [0.2, 0.25) is 0 Å². The molecule has 0 saturated heterocycles. The van der Waals surface area contributed by atoms with E-state index in [1.54, 1.807) is 12.1 Å². The van der Waals surface area contributed by atoms with Gasteiger partial charge in [-0.1, -0.05) is 19.1 Å². The number of rotatable bonds is 4. The van der Waals surface area contributed by atoms with Crippen molar-refractivity contribution < 1.29 is 14.6 Å². The zero-order valence-corrected chi connectivity index (χ0v) is 10.5. The first-order valence-electron chi connectivity index (χ1n) is 6.04. The van der Waals surface area contributed by atoms with E-state index in [-0.39, 0.29) is 6.10 Å². The summed E-state index contributed by atoms with van der Waals surface area (Å²) in [5.41, 5.74) is 0.304. The Hall–Kier alpha value is -2.03. The molecule has 2 aromatic rings. The molecule has 2 aromatic carbocycles. The van der Waals surface area contributed by atoms with Gasteiger partial charge in [-0.25, -0.2) is 4.79 Å². The van der Waals surface area contributed by atoms with E-state index >= 15 is 0 Å². The zero-order chi connectivity index (χ0) is 13.1. The van der Waals surface area contributed by atoms with Crippen LogP contribution in [0.3, 0.4) is 0 Å². The van der Waals surface area contributed by atoms with Crippen molar-refractivity contribution in [3.63, 3.8) is 0 Å². The summed E-state index contributed by atoms with van der Waals surface area (Å²) in [5, 5.41) is 10.8. The normalized spacial score (nSPS) is 12.3. The molecule has 18 heavy (non-hydrogen) atoms. The van der Waals surface area contributed by atoms with Gasteiger partial charge < -0.3 is 9.84 Å². The molecular formula is C15H16O3. The second kappa shape index (κ2) is 5.08. The maximum absolute atomic E-state index is 10.9. The SMILES string of the molecule is CCC(C)Oc1ccc2cc(C(=O)O)ccc2c1. The summed E-state index contributed by atoms with van der Waals surface area (Å²) in [5.74, 6) is -0.0863. The Balaban J connectivity index is 2.35. The molecule has 0 amide bonds. The second-order valence-electron chi connectivity index (χ2n) is 4.37. The van der Waals surface area contributed by atoms with E-state index in [2.05, 4.69) is 6.92 Å². The number of benzene rings is 2. The molecule has 3 heteroatoms. The van der Waals surface area contributed by atoms with Crippen molar-refractivity contribution in [3.8, 4) is 5.75 Å². The topological polar surface area (TPSA) is 46.5 Å². The van der Waals surface area contributed by atoms with E-state index in [4.69, 9.17) is 9.84 Å². The summed E-state index contributed by atoms with van der Waals surface area (Å²) in [6.07, 6.45) is 1.14. The Bertz CT molecular complexity index is 575. The maximum atomic E-state index is 10.9. The average Bonchev–Trinajstić information content (AvgIpc) is 2.37. The van der Waals surface area contributed by atoms with Crippen molar-refractivity contribution in [2.75, 3.05) is 0 Å². The van der Waals surface area contributed by atoms with Crippen LogP contribution >= 0.6 is 0 Å². The molecule has 1 N–H and O–H groups in total. The van der Waals surface area contributed by atoms with Gasteiger partial charge in [-0.2, -0.15) is 0 Å². The van der Waals surface area contributed by atoms with Crippen molar-refractivity contribution in [1.29, 1.82) is 0 Å². The molecule has 1 unspecified atom stereocenters. The predicted octanol–water partition coefficient (Wildman–Crippen LogP) is 3.72. The third-order valence-corrected chi connectivity index (χ3v) is 2.97. The van der Waals surface area contributed by atoms with Crippen LogP contribution in [0, 0.1) is 0 Å². The fraction of sp³-hybridized carbons (Fsp3) is 0.267. The standard InChI is InChI=1S/C15H16O3/c1-3-10(2)18-14-7-6-11-8-13(15(16)17)5-4-12(11)9-14/h4-10H,3H2,1-2H3,(H,16,17).